The van der Waals surface area contributed by atoms with Gasteiger partial charge in [0.25, 0.3) is 0 Å². The zero-order chi connectivity index (χ0) is 22.5. The molecule has 1 aliphatic rings. The van der Waals surface area contributed by atoms with Crippen LogP contribution in [0.15, 0.2) is 72.8 Å². The standard InChI is InChI=1S/C27H29N3O2/c1-20-19-23(21(2)30(20)25-11-7-4-8-12-25)13-14-26(31)29-17-15-22(16-18-29)27(32)28-24-9-5-3-6-10-24/h3-14,19,22H,15-18H2,1-2H3,(H,28,32)/b14-13+. The minimum absolute atomic E-state index is 0.00330. The number of amides is 2. The Morgan fingerprint density at radius 3 is 2.22 bits per heavy atom. The number of aryl methyl sites for hydroxylation is 1. The molecule has 1 fully saturated rings. The molecule has 2 amide bonds. The van der Waals surface area contributed by atoms with Crippen molar-refractivity contribution in [2.75, 3.05) is 18.4 Å². The predicted molar refractivity (Wildman–Crippen MR) is 129 cm³/mol. The van der Waals surface area contributed by atoms with Crippen LogP contribution < -0.4 is 5.32 Å². The van der Waals surface area contributed by atoms with Crippen molar-refractivity contribution in [1.82, 2.24) is 9.47 Å². The maximum atomic E-state index is 12.7. The fourth-order valence-electron chi connectivity index (χ4n) is 4.33. The average molecular weight is 428 g/mol. The summed E-state index contributed by atoms with van der Waals surface area (Å²) in [5, 5.41) is 2.97. The molecule has 5 heteroatoms. The highest BCUT2D eigenvalue weighted by molar-refractivity contribution is 5.94. The van der Waals surface area contributed by atoms with Crippen LogP contribution in [0.2, 0.25) is 0 Å². The van der Waals surface area contributed by atoms with Crippen molar-refractivity contribution in [1.29, 1.82) is 0 Å². The molecule has 5 nitrogen and oxygen atoms in total. The van der Waals surface area contributed by atoms with Crippen molar-refractivity contribution in [3.63, 3.8) is 0 Å². The summed E-state index contributed by atoms with van der Waals surface area (Å²) >= 11 is 0. The Morgan fingerprint density at radius 1 is 0.938 bits per heavy atom. The Kier molecular flexibility index (Phi) is 6.55. The quantitative estimate of drug-likeness (QED) is 0.584. The number of piperidine rings is 1. The average Bonchev–Trinajstić information content (AvgIpc) is 3.11. The predicted octanol–water partition coefficient (Wildman–Crippen LogP) is 4.98. The van der Waals surface area contributed by atoms with Gasteiger partial charge >= 0.3 is 0 Å². The number of hydrogen-bond donors (Lipinski definition) is 1. The zero-order valence-corrected chi connectivity index (χ0v) is 18.6. The monoisotopic (exact) mass is 427 g/mol. The highest BCUT2D eigenvalue weighted by atomic mass is 16.2. The summed E-state index contributed by atoms with van der Waals surface area (Å²) in [4.78, 5) is 27.1. The number of nitrogens with zero attached hydrogens (tertiary/aromatic N) is 2. The van der Waals surface area contributed by atoms with E-state index in [2.05, 4.69) is 41.9 Å². The Balaban J connectivity index is 1.35. The van der Waals surface area contributed by atoms with Gasteiger partial charge in [0.2, 0.25) is 11.8 Å². The summed E-state index contributed by atoms with van der Waals surface area (Å²) in [5.74, 6) is -0.0309. The van der Waals surface area contributed by atoms with Crippen LogP contribution in [0.4, 0.5) is 5.69 Å². The van der Waals surface area contributed by atoms with E-state index in [1.165, 1.54) is 0 Å². The molecule has 1 saturated heterocycles. The second-order valence-corrected chi connectivity index (χ2v) is 8.29. The molecule has 0 saturated carbocycles. The van der Waals surface area contributed by atoms with E-state index >= 15 is 0 Å². The third-order valence-electron chi connectivity index (χ3n) is 6.11. The summed E-state index contributed by atoms with van der Waals surface area (Å²) in [6.07, 6.45) is 4.92. The molecule has 1 aromatic heterocycles. The van der Waals surface area contributed by atoms with E-state index in [4.69, 9.17) is 0 Å². The largest absolute Gasteiger partial charge is 0.339 e. The number of hydrogen-bond acceptors (Lipinski definition) is 2. The third-order valence-corrected chi connectivity index (χ3v) is 6.11. The van der Waals surface area contributed by atoms with Crippen molar-refractivity contribution >= 4 is 23.6 Å². The normalized spacial score (nSPS) is 14.6. The van der Waals surface area contributed by atoms with Crippen LogP contribution in [0.3, 0.4) is 0 Å². The molecule has 2 aromatic carbocycles. The number of rotatable bonds is 5. The van der Waals surface area contributed by atoms with E-state index in [1.807, 2.05) is 59.5 Å². The van der Waals surface area contributed by atoms with Crippen LogP contribution in [0.25, 0.3) is 11.8 Å². The van der Waals surface area contributed by atoms with Gasteiger partial charge in [0, 0.05) is 47.8 Å². The first-order valence-electron chi connectivity index (χ1n) is 11.1. The van der Waals surface area contributed by atoms with Gasteiger partial charge in [-0.25, -0.2) is 0 Å². The minimum Gasteiger partial charge on any atom is -0.339 e. The van der Waals surface area contributed by atoms with Gasteiger partial charge in [0.05, 0.1) is 0 Å². The summed E-state index contributed by atoms with van der Waals surface area (Å²) in [6, 6.07) is 21.8. The van der Waals surface area contributed by atoms with Crippen molar-refractivity contribution < 1.29 is 9.59 Å². The Labute approximate surface area is 189 Å². The van der Waals surface area contributed by atoms with Gasteiger partial charge in [-0.2, -0.15) is 0 Å². The van der Waals surface area contributed by atoms with E-state index < -0.39 is 0 Å². The lowest BCUT2D eigenvalue weighted by molar-refractivity contribution is -0.130. The van der Waals surface area contributed by atoms with Crippen LogP contribution in [-0.2, 0) is 9.59 Å². The minimum atomic E-state index is -0.0620. The second kappa shape index (κ2) is 9.69. The first kappa shape index (κ1) is 21.6. The molecule has 0 atom stereocenters. The molecule has 0 unspecified atom stereocenters. The fourth-order valence-corrected chi connectivity index (χ4v) is 4.33. The molecule has 0 radical (unpaired) electrons. The number of nitrogens with one attached hydrogen (secondary N) is 1. The van der Waals surface area contributed by atoms with Crippen LogP contribution in [0.5, 0.6) is 0 Å². The molecule has 3 aromatic rings. The molecule has 4 rings (SSSR count). The van der Waals surface area contributed by atoms with Gasteiger partial charge in [0.15, 0.2) is 0 Å². The lowest BCUT2D eigenvalue weighted by Gasteiger charge is -2.30. The number of para-hydroxylation sites is 2. The molecule has 164 valence electrons. The smallest absolute Gasteiger partial charge is 0.246 e. The Morgan fingerprint density at radius 2 is 1.56 bits per heavy atom. The first-order chi connectivity index (χ1) is 15.5. The number of benzene rings is 2. The van der Waals surface area contributed by atoms with Crippen LogP contribution in [-0.4, -0.2) is 34.4 Å². The van der Waals surface area contributed by atoms with E-state index in [0.717, 1.165) is 28.3 Å². The number of carbonyl (C=O) groups excluding carboxylic acids is 2. The molecule has 0 spiro atoms. The number of likely N-dealkylation sites (tertiary alicyclic amines) is 1. The van der Waals surface area contributed by atoms with Gasteiger partial charge in [0.1, 0.15) is 0 Å². The topological polar surface area (TPSA) is 54.3 Å². The van der Waals surface area contributed by atoms with E-state index in [1.54, 1.807) is 6.08 Å². The first-order valence-corrected chi connectivity index (χ1v) is 11.1. The molecule has 2 heterocycles. The van der Waals surface area contributed by atoms with Gasteiger partial charge in [-0.05, 0) is 68.7 Å². The number of carbonyl (C=O) groups is 2. The summed E-state index contributed by atoms with van der Waals surface area (Å²) < 4.78 is 2.20. The molecular weight excluding hydrogens is 398 g/mol. The summed E-state index contributed by atoms with van der Waals surface area (Å²) in [6.45, 7) is 5.34. The lowest BCUT2D eigenvalue weighted by atomic mass is 9.95. The Bertz CT molecular complexity index is 1110. The van der Waals surface area contributed by atoms with Gasteiger partial charge in [-0.15, -0.1) is 0 Å². The lowest BCUT2D eigenvalue weighted by Crippen LogP contribution is -2.40. The molecule has 1 N–H and O–H groups in total. The molecule has 0 bridgehead atoms. The van der Waals surface area contributed by atoms with Crippen LogP contribution in [0.1, 0.15) is 29.8 Å². The third kappa shape index (κ3) is 4.83. The maximum absolute atomic E-state index is 12.7. The van der Waals surface area contributed by atoms with Crippen molar-refractivity contribution in [2.45, 2.75) is 26.7 Å². The van der Waals surface area contributed by atoms with Crippen LogP contribution >= 0.6 is 0 Å². The zero-order valence-electron chi connectivity index (χ0n) is 18.6. The molecule has 32 heavy (non-hydrogen) atoms. The van der Waals surface area contributed by atoms with Gasteiger partial charge < -0.3 is 14.8 Å². The highest BCUT2D eigenvalue weighted by Crippen LogP contribution is 2.23. The van der Waals surface area contributed by atoms with E-state index in [-0.39, 0.29) is 17.7 Å². The van der Waals surface area contributed by atoms with Crippen molar-refractivity contribution in [3.05, 3.63) is 89.8 Å². The highest BCUT2D eigenvalue weighted by Gasteiger charge is 2.26. The maximum Gasteiger partial charge on any atom is 0.246 e. The van der Waals surface area contributed by atoms with E-state index in [9.17, 15) is 9.59 Å². The Hall–Kier alpha value is -3.60. The second-order valence-electron chi connectivity index (χ2n) is 8.29. The van der Waals surface area contributed by atoms with Gasteiger partial charge in [-0.3, -0.25) is 9.59 Å². The number of aromatic nitrogens is 1. The fraction of sp³-hybridized carbons (Fsp3) is 0.259. The molecule has 1 aliphatic heterocycles. The van der Waals surface area contributed by atoms with Crippen molar-refractivity contribution in [2.24, 2.45) is 5.92 Å². The van der Waals surface area contributed by atoms with Gasteiger partial charge in [-0.1, -0.05) is 36.4 Å². The molecule has 0 aliphatic carbocycles. The van der Waals surface area contributed by atoms with E-state index in [0.29, 0.717) is 25.9 Å². The summed E-state index contributed by atoms with van der Waals surface area (Å²) in [5.41, 5.74) is 5.20. The number of anilines is 1. The van der Waals surface area contributed by atoms with Crippen molar-refractivity contribution in [3.8, 4) is 5.69 Å². The van der Waals surface area contributed by atoms with Crippen LogP contribution in [0, 0.1) is 19.8 Å². The molecular formula is C27H29N3O2. The SMILES string of the molecule is Cc1cc(/C=C/C(=O)N2CCC(C(=O)Nc3ccccc3)CC2)c(C)n1-c1ccccc1. The summed E-state index contributed by atoms with van der Waals surface area (Å²) in [7, 11) is 0.